The molecule has 1 heterocycles. The van der Waals surface area contributed by atoms with Gasteiger partial charge in [-0.25, -0.2) is 0 Å². The minimum atomic E-state index is 0. The second kappa shape index (κ2) is 14.9. The number of ether oxygens (including phenoxy) is 3. The molecule has 188 valence electrons. The van der Waals surface area contributed by atoms with Crippen LogP contribution in [0.2, 0.25) is 0 Å². The Bertz CT molecular complexity index is 720. The van der Waals surface area contributed by atoms with Crippen molar-refractivity contribution in [3.63, 3.8) is 0 Å². The summed E-state index contributed by atoms with van der Waals surface area (Å²) in [6.07, 6.45) is 8.49. The van der Waals surface area contributed by atoms with E-state index in [4.69, 9.17) is 14.2 Å². The maximum Gasteiger partial charge on any atom is 0.191 e. The van der Waals surface area contributed by atoms with Crippen molar-refractivity contribution in [2.75, 3.05) is 67.2 Å². The van der Waals surface area contributed by atoms with Crippen LogP contribution in [0.1, 0.15) is 50.5 Å². The normalized spacial score (nSPS) is 18.8. The molecule has 1 aliphatic carbocycles. The number of methoxy groups -OCH3 is 2. The molecule has 1 aromatic carbocycles. The summed E-state index contributed by atoms with van der Waals surface area (Å²) in [4.78, 5) is 6.96. The molecule has 0 unspecified atom stereocenters. The third-order valence-electron chi connectivity index (χ3n) is 6.92. The Kier molecular flexibility index (Phi) is 12.6. The molecule has 0 atom stereocenters. The van der Waals surface area contributed by atoms with Gasteiger partial charge in [-0.3, -0.25) is 9.89 Å². The molecule has 1 aromatic rings. The summed E-state index contributed by atoms with van der Waals surface area (Å²) in [6, 6.07) is 6.40. The van der Waals surface area contributed by atoms with Gasteiger partial charge in [0, 0.05) is 38.6 Å². The van der Waals surface area contributed by atoms with E-state index in [-0.39, 0.29) is 29.4 Å². The molecule has 0 radical (unpaired) electrons. The van der Waals surface area contributed by atoms with Gasteiger partial charge in [0.05, 0.1) is 27.4 Å². The number of guanidine groups is 1. The van der Waals surface area contributed by atoms with E-state index < -0.39 is 0 Å². The number of morpholine rings is 1. The fourth-order valence-corrected chi connectivity index (χ4v) is 4.93. The van der Waals surface area contributed by atoms with Crippen molar-refractivity contribution in [1.82, 2.24) is 15.5 Å². The first-order valence-corrected chi connectivity index (χ1v) is 12.2. The smallest absolute Gasteiger partial charge is 0.191 e. The maximum absolute atomic E-state index is 5.59. The van der Waals surface area contributed by atoms with E-state index in [1.54, 1.807) is 14.2 Å². The third-order valence-corrected chi connectivity index (χ3v) is 6.92. The highest BCUT2D eigenvalue weighted by Gasteiger charge is 2.34. The molecular formula is C25H43IN4O3. The molecule has 2 fully saturated rings. The predicted molar refractivity (Wildman–Crippen MR) is 146 cm³/mol. The van der Waals surface area contributed by atoms with E-state index >= 15 is 0 Å². The van der Waals surface area contributed by atoms with Gasteiger partial charge < -0.3 is 24.8 Å². The number of nitrogens with one attached hydrogen (secondary N) is 2. The first-order chi connectivity index (χ1) is 15.7. The van der Waals surface area contributed by atoms with Crippen molar-refractivity contribution >= 4 is 29.9 Å². The average Bonchev–Trinajstić information content (AvgIpc) is 2.86. The monoisotopic (exact) mass is 574 g/mol. The number of unbranched alkanes of at least 4 members (excludes halogenated alkanes) is 1. The second-order valence-electron chi connectivity index (χ2n) is 8.92. The van der Waals surface area contributed by atoms with Crippen LogP contribution in [0.3, 0.4) is 0 Å². The van der Waals surface area contributed by atoms with Gasteiger partial charge in [-0.2, -0.15) is 0 Å². The first-order valence-electron chi connectivity index (χ1n) is 12.2. The van der Waals surface area contributed by atoms with Crippen molar-refractivity contribution < 1.29 is 14.2 Å². The Balaban J connectivity index is 0.00000385. The van der Waals surface area contributed by atoms with Gasteiger partial charge in [-0.1, -0.05) is 25.3 Å². The molecule has 1 saturated carbocycles. The molecule has 0 aromatic heterocycles. The van der Waals surface area contributed by atoms with Gasteiger partial charge in [-0.15, -0.1) is 24.0 Å². The van der Waals surface area contributed by atoms with E-state index in [0.29, 0.717) is 0 Å². The lowest BCUT2D eigenvalue weighted by molar-refractivity contribution is 0.0372. The Morgan fingerprint density at radius 1 is 1.03 bits per heavy atom. The lowest BCUT2D eigenvalue weighted by Gasteiger charge is -2.38. The Hall–Kier alpha value is -1.26. The highest BCUT2D eigenvalue weighted by atomic mass is 127. The number of rotatable bonds is 10. The third kappa shape index (κ3) is 8.17. The Morgan fingerprint density at radius 2 is 1.76 bits per heavy atom. The number of halogens is 1. The molecule has 0 bridgehead atoms. The minimum Gasteiger partial charge on any atom is -0.493 e. The molecule has 3 rings (SSSR count). The lowest BCUT2D eigenvalue weighted by atomic mass is 9.69. The van der Waals surface area contributed by atoms with E-state index in [1.807, 2.05) is 13.1 Å². The van der Waals surface area contributed by atoms with Gasteiger partial charge in [0.2, 0.25) is 0 Å². The van der Waals surface area contributed by atoms with Gasteiger partial charge in [0.25, 0.3) is 0 Å². The molecule has 0 amide bonds. The fraction of sp³-hybridized carbons (Fsp3) is 0.720. The largest absolute Gasteiger partial charge is 0.493 e. The topological polar surface area (TPSA) is 67.4 Å². The van der Waals surface area contributed by atoms with Crippen LogP contribution in [0.25, 0.3) is 0 Å². The summed E-state index contributed by atoms with van der Waals surface area (Å²) in [5.41, 5.74) is 1.41. The zero-order valence-electron chi connectivity index (χ0n) is 20.7. The number of nitrogens with zero attached hydrogens (tertiary/aromatic N) is 2. The van der Waals surface area contributed by atoms with Crippen LogP contribution in [-0.4, -0.2) is 78.1 Å². The molecular weight excluding hydrogens is 531 g/mol. The SMILES string of the molecule is CN=C(NCCCCN1CCOCC1)NCC1(c2ccc(OC)c(OC)c2)CCCCC1.I. The van der Waals surface area contributed by atoms with Crippen LogP contribution < -0.4 is 20.1 Å². The molecule has 2 aliphatic rings. The van der Waals surface area contributed by atoms with Crippen molar-refractivity contribution in [3.05, 3.63) is 23.8 Å². The van der Waals surface area contributed by atoms with Crippen LogP contribution in [-0.2, 0) is 10.2 Å². The highest BCUT2D eigenvalue weighted by molar-refractivity contribution is 14.0. The number of hydrogen-bond acceptors (Lipinski definition) is 5. The van der Waals surface area contributed by atoms with Crippen molar-refractivity contribution in [1.29, 1.82) is 0 Å². The standard InChI is InChI=1S/C25H42N4O3.HI/c1-26-24(27-13-7-8-14-29-15-17-32-18-16-29)28-20-25(11-5-4-6-12-25)21-9-10-22(30-2)23(19-21)31-3;/h9-10,19H,4-8,11-18,20H2,1-3H3,(H2,26,27,28);1H. The maximum atomic E-state index is 5.59. The van der Waals surface area contributed by atoms with Crippen LogP contribution in [0.4, 0.5) is 0 Å². The Labute approximate surface area is 217 Å². The van der Waals surface area contributed by atoms with Crippen molar-refractivity contribution in [3.8, 4) is 11.5 Å². The van der Waals surface area contributed by atoms with Gasteiger partial charge in [0.1, 0.15) is 0 Å². The minimum absolute atomic E-state index is 0. The van der Waals surface area contributed by atoms with Gasteiger partial charge in [0.15, 0.2) is 17.5 Å². The summed E-state index contributed by atoms with van der Waals surface area (Å²) in [5, 5.41) is 7.13. The van der Waals surface area contributed by atoms with Crippen LogP contribution in [0.15, 0.2) is 23.2 Å². The summed E-state index contributed by atoms with van der Waals surface area (Å²) in [5.74, 6) is 2.48. The summed E-state index contributed by atoms with van der Waals surface area (Å²) in [6.45, 7) is 6.83. The molecule has 1 aliphatic heterocycles. The van der Waals surface area contributed by atoms with Gasteiger partial charge in [-0.05, 0) is 49.9 Å². The zero-order valence-corrected chi connectivity index (χ0v) is 23.0. The van der Waals surface area contributed by atoms with E-state index in [1.165, 1.54) is 44.1 Å². The van der Waals surface area contributed by atoms with Crippen LogP contribution in [0.5, 0.6) is 11.5 Å². The number of hydrogen-bond donors (Lipinski definition) is 2. The number of benzene rings is 1. The summed E-state index contributed by atoms with van der Waals surface area (Å²) in [7, 11) is 5.25. The first kappa shape index (κ1) is 28.0. The van der Waals surface area contributed by atoms with E-state index in [0.717, 1.165) is 69.8 Å². The summed E-state index contributed by atoms with van der Waals surface area (Å²) < 4.78 is 16.5. The van der Waals surface area contributed by atoms with Crippen molar-refractivity contribution in [2.24, 2.45) is 4.99 Å². The molecule has 1 saturated heterocycles. The van der Waals surface area contributed by atoms with Gasteiger partial charge >= 0.3 is 0 Å². The quantitative estimate of drug-likeness (QED) is 0.192. The number of aliphatic imine (C=N–C) groups is 1. The van der Waals surface area contributed by atoms with Crippen LogP contribution in [0, 0.1) is 0 Å². The van der Waals surface area contributed by atoms with Crippen LogP contribution >= 0.6 is 24.0 Å². The molecule has 2 N–H and O–H groups in total. The van der Waals surface area contributed by atoms with Crippen molar-refractivity contribution in [2.45, 2.75) is 50.4 Å². The molecule has 7 nitrogen and oxygen atoms in total. The zero-order chi connectivity index (χ0) is 22.7. The Morgan fingerprint density at radius 3 is 2.42 bits per heavy atom. The molecule has 8 heteroatoms. The average molecular weight is 575 g/mol. The fourth-order valence-electron chi connectivity index (χ4n) is 4.93. The second-order valence-corrected chi connectivity index (χ2v) is 8.92. The molecule has 0 spiro atoms. The highest BCUT2D eigenvalue weighted by Crippen LogP contribution is 2.42. The molecule has 33 heavy (non-hydrogen) atoms. The summed E-state index contributed by atoms with van der Waals surface area (Å²) >= 11 is 0. The van der Waals surface area contributed by atoms with E-state index in [9.17, 15) is 0 Å². The predicted octanol–water partition coefficient (Wildman–Crippen LogP) is 3.80. The lowest BCUT2D eigenvalue weighted by Crippen LogP contribution is -2.46. The van der Waals surface area contributed by atoms with E-state index in [2.05, 4.69) is 32.7 Å².